The Morgan fingerprint density at radius 1 is 1.50 bits per heavy atom. The quantitative estimate of drug-likeness (QED) is 0.778. The molecule has 0 unspecified atom stereocenters. The van der Waals surface area contributed by atoms with E-state index in [1.165, 1.54) is 17.4 Å². The van der Waals surface area contributed by atoms with E-state index in [1.54, 1.807) is 17.1 Å². The summed E-state index contributed by atoms with van der Waals surface area (Å²) >= 11 is 2.84. The molecule has 0 aliphatic carbocycles. The number of hydrogen-bond acceptors (Lipinski definition) is 4. The normalized spacial score (nSPS) is 11.1. The first-order valence-corrected chi connectivity index (χ1v) is 7.37. The first-order valence-electron chi connectivity index (χ1n) is 5.26. The van der Waals surface area contributed by atoms with E-state index in [0.717, 1.165) is 0 Å². The zero-order valence-electron chi connectivity index (χ0n) is 10.4. The van der Waals surface area contributed by atoms with Gasteiger partial charge in [-0.15, -0.1) is 11.3 Å². The van der Waals surface area contributed by atoms with Gasteiger partial charge in [-0.2, -0.15) is 11.8 Å². The van der Waals surface area contributed by atoms with Crippen molar-refractivity contribution in [3.63, 3.8) is 0 Å². The van der Waals surface area contributed by atoms with Gasteiger partial charge in [-0.3, -0.25) is 5.32 Å². The highest BCUT2D eigenvalue weighted by molar-refractivity contribution is 7.99. The summed E-state index contributed by atoms with van der Waals surface area (Å²) in [7, 11) is 0. The summed E-state index contributed by atoms with van der Waals surface area (Å²) in [4.78, 5) is 22.5. The molecule has 2 amide bonds. The Kier molecular flexibility index (Phi) is 5.03. The van der Waals surface area contributed by atoms with E-state index in [0.29, 0.717) is 11.5 Å². The van der Waals surface area contributed by atoms with Crippen LogP contribution in [0.25, 0.3) is 0 Å². The lowest BCUT2D eigenvalue weighted by Crippen LogP contribution is -2.38. The third-order valence-corrected chi connectivity index (χ3v) is 4.43. The molecule has 5 nitrogen and oxygen atoms in total. The molecule has 3 N–H and O–H groups in total. The fourth-order valence-corrected chi connectivity index (χ4v) is 2.08. The van der Waals surface area contributed by atoms with Crippen molar-refractivity contribution < 1.29 is 14.7 Å². The lowest BCUT2D eigenvalue weighted by atomic mass is 10.2. The molecule has 1 aromatic heterocycles. The lowest BCUT2D eigenvalue weighted by molar-refractivity contribution is 0.0698. The van der Waals surface area contributed by atoms with E-state index >= 15 is 0 Å². The average molecular weight is 288 g/mol. The van der Waals surface area contributed by atoms with Crippen molar-refractivity contribution in [2.45, 2.75) is 18.6 Å². The van der Waals surface area contributed by atoms with E-state index in [2.05, 4.69) is 10.6 Å². The van der Waals surface area contributed by atoms with Crippen LogP contribution < -0.4 is 10.6 Å². The standard InChI is InChI=1S/C11H16N2O3S2/c1-11(2,17-3)6-12-10(16)13-8-7(9(14)15)4-5-18-8/h4-5H,6H2,1-3H3,(H,14,15)(H2,12,13,16). The maximum absolute atomic E-state index is 11.6. The van der Waals surface area contributed by atoms with Gasteiger partial charge in [0.05, 0.1) is 5.56 Å². The van der Waals surface area contributed by atoms with Crippen LogP contribution in [0.1, 0.15) is 24.2 Å². The summed E-state index contributed by atoms with van der Waals surface area (Å²) in [5, 5.41) is 16.1. The molecule has 0 aliphatic rings. The second-order valence-corrected chi connectivity index (χ2v) is 6.67. The van der Waals surface area contributed by atoms with Crippen LogP contribution in [0.2, 0.25) is 0 Å². The molecule has 0 radical (unpaired) electrons. The summed E-state index contributed by atoms with van der Waals surface area (Å²) in [6.07, 6.45) is 1.97. The zero-order valence-corrected chi connectivity index (χ0v) is 12.1. The van der Waals surface area contributed by atoms with Crippen molar-refractivity contribution in [1.82, 2.24) is 5.32 Å². The molecule has 1 heterocycles. The van der Waals surface area contributed by atoms with Gasteiger partial charge < -0.3 is 10.4 Å². The highest BCUT2D eigenvalue weighted by Gasteiger charge is 2.18. The van der Waals surface area contributed by atoms with Gasteiger partial charge in [0.1, 0.15) is 5.00 Å². The van der Waals surface area contributed by atoms with Gasteiger partial charge >= 0.3 is 12.0 Å². The molecule has 0 aliphatic heterocycles. The van der Waals surface area contributed by atoms with Gasteiger partial charge in [0.25, 0.3) is 0 Å². The number of aromatic carboxylic acids is 1. The number of hydrogen-bond donors (Lipinski definition) is 3. The van der Waals surface area contributed by atoms with E-state index in [1.807, 2.05) is 20.1 Å². The number of rotatable bonds is 5. The van der Waals surface area contributed by atoms with Gasteiger partial charge in [-0.05, 0) is 31.5 Å². The maximum atomic E-state index is 11.6. The summed E-state index contributed by atoms with van der Waals surface area (Å²) in [5.74, 6) is -1.05. The van der Waals surface area contributed by atoms with Gasteiger partial charge in [-0.25, -0.2) is 9.59 Å². The molecular formula is C11H16N2O3S2. The number of anilines is 1. The highest BCUT2D eigenvalue weighted by Crippen LogP contribution is 2.23. The number of urea groups is 1. The fourth-order valence-electron chi connectivity index (χ4n) is 1.09. The monoisotopic (exact) mass is 288 g/mol. The molecule has 0 atom stereocenters. The van der Waals surface area contributed by atoms with E-state index in [-0.39, 0.29) is 16.3 Å². The largest absolute Gasteiger partial charge is 0.478 e. The predicted molar refractivity (Wildman–Crippen MR) is 75.9 cm³/mol. The van der Waals surface area contributed by atoms with Gasteiger partial charge in [0.2, 0.25) is 0 Å². The molecule has 1 rings (SSSR count). The van der Waals surface area contributed by atoms with Crippen LogP contribution >= 0.6 is 23.1 Å². The van der Waals surface area contributed by atoms with Crippen LogP contribution in [0, 0.1) is 0 Å². The Hall–Kier alpha value is -1.21. The average Bonchev–Trinajstić information content (AvgIpc) is 2.75. The Bertz CT molecular complexity index is 443. The molecule has 0 saturated heterocycles. The van der Waals surface area contributed by atoms with Crippen molar-refractivity contribution >= 4 is 40.1 Å². The maximum Gasteiger partial charge on any atom is 0.338 e. The Morgan fingerprint density at radius 3 is 2.72 bits per heavy atom. The number of carbonyl (C=O) groups is 2. The van der Waals surface area contributed by atoms with Crippen molar-refractivity contribution in [3.8, 4) is 0 Å². The number of carboxylic acid groups (broad SMARTS) is 1. The number of nitrogens with one attached hydrogen (secondary N) is 2. The van der Waals surface area contributed by atoms with Crippen LogP contribution in [0.3, 0.4) is 0 Å². The topological polar surface area (TPSA) is 78.4 Å². The van der Waals surface area contributed by atoms with Gasteiger partial charge in [-0.1, -0.05) is 0 Å². The van der Waals surface area contributed by atoms with Crippen LogP contribution in [-0.4, -0.2) is 34.7 Å². The molecular weight excluding hydrogens is 272 g/mol. The van der Waals surface area contributed by atoms with Crippen molar-refractivity contribution in [3.05, 3.63) is 17.0 Å². The van der Waals surface area contributed by atoms with E-state index in [9.17, 15) is 9.59 Å². The van der Waals surface area contributed by atoms with Gasteiger partial charge in [0.15, 0.2) is 0 Å². The van der Waals surface area contributed by atoms with Crippen LogP contribution in [0.4, 0.5) is 9.80 Å². The summed E-state index contributed by atoms with van der Waals surface area (Å²) in [5.41, 5.74) is 0.110. The summed E-state index contributed by atoms with van der Waals surface area (Å²) in [6, 6.07) is 1.08. The minimum absolute atomic E-state index is 0.0532. The number of thiophene rings is 1. The Morgan fingerprint density at radius 2 is 2.17 bits per heavy atom. The molecule has 100 valence electrons. The molecule has 0 aromatic carbocycles. The van der Waals surface area contributed by atoms with Gasteiger partial charge in [0, 0.05) is 11.3 Å². The molecule has 0 bridgehead atoms. The van der Waals surface area contributed by atoms with E-state index < -0.39 is 5.97 Å². The van der Waals surface area contributed by atoms with Crippen LogP contribution in [0.15, 0.2) is 11.4 Å². The van der Waals surface area contributed by atoms with E-state index in [4.69, 9.17) is 5.11 Å². The van der Waals surface area contributed by atoms with Crippen molar-refractivity contribution in [2.75, 3.05) is 18.1 Å². The minimum atomic E-state index is -1.05. The number of thioether (sulfide) groups is 1. The Labute approximate surface area is 114 Å². The molecule has 7 heteroatoms. The SMILES string of the molecule is CSC(C)(C)CNC(=O)Nc1sccc1C(=O)O. The molecule has 1 aromatic rings. The molecule has 0 spiro atoms. The lowest BCUT2D eigenvalue weighted by Gasteiger charge is -2.22. The molecule has 0 saturated carbocycles. The first kappa shape index (κ1) is 14.8. The highest BCUT2D eigenvalue weighted by atomic mass is 32.2. The smallest absolute Gasteiger partial charge is 0.338 e. The third kappa shape index (κ3) is 4.23. The van der Waals surface area contributed by atoms with Crippen LogP contribution in [-0.2, 0) is 0 Å². The zero-order chi connectivity index (χ0) is 13.8. The second-order valence-electron chi connectivity index (χ2n) is 4.24. The Balaban J connectivity index is 2.55. The third-order valence-electron chi connectivity index (χ3n) is 2.35. The number of carboxylic acids is 1. The number of amides is 2. The molecule has 18 heavy (non-hydrogen) atoms. The summed E-state index contributed by atoms with van der Waals surface area (Å²) < 4.78 is -0.0532. The van der Waals surface area contributed by atoms with Crippen LogP contribution in [0.5, 0.6) is 0 Å². The van der Waals surface area contributed by atoms with Crippen molar-refractivity contribution in [2.24, 2.45) is 0 Å². The fraction of sp³-hybridized carbons (Fsp3) is 0.455. The number of carbonyl (C=O) groups excluding carboxylic acids is 1. The minimum Gasteiger partial charge on any atom is -0.478 e. The summed E-state index contributed by atoms with van der Waals surface area (Å²) in [6.45, 7) is 4.55. The predicted octanol–water partition coefficient (Wildman–Crippen LogP) is 2.71. The second kappa shape index (κ2) is 6.10. The molecule has 0 fully saturated rings. The van der Waals surface area contributed by atoms with Crippen molar-refractivity contribution in [1.29, 1.82) is 0 Å². The first-order chi connectivity index (χ1) is 8.35.